The monoisotopic (exact) mass is 306 g/mol. The fourth-order valence-electron chi connectivity index (χ4n) is 1.97. The third-order valence-corrected chi connectivity index (χ3v) is 3.31. The van der Waals surface area contributed by atoms with Gasteiger partial charge in [0.25, 0.3) is 5.56 Å². The number of aromatic nitrogens is 2. The molecule has 0 unspecified atom stereocenters. The van der Waals surface area contributed by atoms with Crippen LogP contribution in [0.4, 0.5) is 0 Å². The van der Waals surface area contributed by atoms with Crippen LogP contribution in [0.1, 0.15) is 18.3 Å². The van der Waals surface area contributed by atoms with E-state index in [-0.39, 0.29) is 29.4 Å². The van der Waals surface area contributed by atoms with Crippen molar-refractivity contribution in [2.24, 2.45) is 0 Å². The van der Waals surface area contributed by atoms with Crippen molar-refractivity contribution in [1.82, 2.24) is 9.55 Å². The van der Waals surface area contributed by atoms with Crippen LogP contribution in [-0.2, 0) is 16.0 Å². The number of carbonyl (C=O) groups is 1. The second kappa shape index (κ2) is 6.54. The zero-order valence-corrected chi connectivity index (χ0v) is 12.6. The molecular formula is C15H15ClN2O3. The third kappa shape index (κ3) is 3.31. The maximum Gasteiger partial charge on any atom is 0.312 e. The van der Waals surface area contributed by atoms with Crippen LogP contribution in [0.3, 0.4) is 0 Å². The summed E-state index contributed by atoms with van der Waals surface area (Å²) < 4.78 is 6.29. The van der Waals surface area contributed by atoms with E-state index in [2.05, 4.69) is 4.98 Å². The summed E-state index contributed by atoms with van der Waals surface area (Å²) in [7, 11) is 0. The highest BCUT2D eigenvalue weighted by atomic mass is 35.5. The van der Waals surface area contributed by atoms with E-state index in [0.29, 0.717) is 11.4 Å². The highest BCUT2D eigenvalue weighted by Gasteiger charge is 2.16. The predicted molar refractivity (Wildman–Crippen MR) is 79.9 cm³/mol. The van der Waals surface area contributed by atoms with Crippen LogP contribution in [0.15, 0.2) is 35.1 Å². The van der Waals surface area contributed by atoms with Crippen molar-refractivity contribution < 1.29 is 9.53 Å². The van der Waals surface area contributed by atoms with E-state index in [0.717, 1.165) is 0 Å². The molecule has 1 aromatic carbocycles. The summed E-state index contributed by atoms with van der Waals surface area (Å²) >= 11 is 6.08. The van der Waals surface area contributed by atoms with E-state index < -0.39 is 5.97 Å². The van der Waals surface area contributed by atoms with Crippen molar-refractivity contribution in [2.45, 2.75) is 20.3 Å². The van der Waals surface area contributed by atoms with Gasteiger partial charge in [-0.05, 0) is 26.0 Å². The molecule has 5 nitrogen and oxygen atoms in total. The maximum atomic E-state index is 12.5. The highest BCUT2D eigenvalue weighted by Crippen LogP contribution is 2.15. The molecule has 0 N–H and O–H groups in total. The molecule has 0 aliphatic carbocycles. The van der Waals surface area contributed by atoms with Gasteiger partial charge in [-0.1, -0.05) is 29.8 Å². The fourth-order valence-corrected chi connectivity index (χ4v) is 2.16. The Morgan fingerprint density at radius 1 is 1.33 bits per heavy atom. The molecule has 2 aromatic rings. The van der Waals surface area contributed by atoms with Crippen LogP contribution >= 0.6 is 11.6 Å². The van der Waals surface area contributed by atoms with Crippen LogP contribution in [0.25, 0.3) is 5.69 Å². The van der Waals surface area contributed by atoms with E-state index in [4.69, 9.17) is 16.3 Å². The summed E-state index contributed by atoms with van der Waals surface area (Å²) in [5.74, 6) is -0.498. The quantitative estimate of drug-likeness (QED) is 0.813. The summed E-state index contributed by atoms with van der Waals surface area (Å²) in [5, 5.41) is 0.192. The Bertz CT molecular complexity index is 711. The lowest BCUT2D eigenvalue weighted by Gasteiger charge is -2.12. The molecule has 0 aliphatic rings. The molecule has 0 fully saturated rings. The standard InChI is InChI=1S/C15H15ClN2O3/c1-3-21-13(19)9-12-15(20)18(10(2)14(16)17-12)11-7-5-4-6-8-11/h4-8H,3,9H2,1-2H3. The number of nitrogens with zero attached hydrogens (tertiary/aromatic N) is 2. The minimum atomic E-state index is -0.498. The van der Waals surface area contributed by atoms with Gasteiger partial charge in [-0.2, -0.15) is 0 Å². The second-order valence-corrected chi connectivity index (χ2v) is 4.75. The number of rotatable bonds is 4. The van der Waals surface area contributed by atoms with Crippen molar-refractivity contribution in [3.05, 3.63) is 57.2 Å². The van der Waals surface area contributed by atoms with Gasteiger partial charge in [0.2, 0.25) is 0 Å². The molecule has 0 saturated heterocycles. The molecule has 0 amide bonds. The van der Waals surface area contributed by atoms with Crippen LogP contribution in [-0.4, -0.2) is 22.1 Å². The largest absolute Gasteiger partial charge is 0.466 e. The van der Waals surface area contributed by atoms with Gasteiger partial charge in [-0.15, -0.1) is 0 Å². The lowest BCUT2D eigenvalue weighted by Crippen LogP contribution is -2.28. The molecular weight excluding hydrogens is 292 g/mol. The van der Waals surface area contributed by atoms with Crippen molar-refractivity contribution in [2.75, 3.05) is 6.61 Å². The number of para-hydroxylation sites is 1. The molecule has 1 aromatic heterocycles. The number of carbonyl (C=O) groups excluding carboxylic acids is 1. The van der Waals surface area contributed by atoms with Gasteiger partial charge < -0.3 is 4.74 Å². The molecule has 0 aliphatic heterocycles. The van der Waals surface area contributed by atoms with E-state index in [1.165, 1.54) is 4.57 Å². The molecule has 0 atom stereocenters. The maximum absolute atomic E-state index is 12.5. The Morgan fingerprint density at radius 3 is 2.62 bits per heavy atom. The number of ether oxygens (including phenoxy) is 1. The number of hydrogen-bond acceptors (Lipinski definition) is 4. The van der Waals surface area contributed by atoms with Gasteiger partial charge in [0.15, 0.2) is 0 Å². The minimum absolute atomic E-state index is 0.0768. The molecule has 21 heavy (non-hydrogen) atoms. The molecule has 2 rings (SSSR count). The number of halogens is 1. The van der Waals surface area contributed by atoms with Crippen molar-refractivity contribution in [3.8, 4) is 5.69 Å². The van der Waals surface area contributed by atoms with Gasteiger partial charge in [0.1, 0.15) is 10.8 Å². The lowest BCUT2D eigenvalue weighted by atomic mass is 10.2. The molecule has 1 heterocycles. The third-order valence-electron chi connectivity index (χ3n) is 2.95. The second-order valence-electron chi connectivity index (χ2n) is 4.39. The van der Waals surface area contributed by atoms with E-state index in [9.17, 15) is 9.59 Å². The summed E-state index contributed by atoms with van der Waals surface area (Å²) in [6.07, 6.45) is -0.195. The molecule has 0 spiro atoms. The van der Waals surface area contributed by atoms with Gasteiger partial charge in [-0.3, -0.25) is 14.2 Å². The van der Waals surface area contributed by atoms with Crippen molar-refractivity contribution in [3.63, 3.8) is 0 Å². The first-order valence-electron chi connectivity index (χ1n) is 6.53. The first kappa shape index (κ1) is 15.3. The zero-order chi connectivity index (χ0) is 15.4. The first-order chi connectivity index (χ1) is 10.0. The molecule has 6 heteroatoms. The summed E-state index contributed by atoms with van der Waals surface area (Å²) in [6.45, 7) is 3.67. The number of benzene rings is 1. The lowest BCUT2D eigenvalue weighted by molar-refractivity contribution is -0.142. The van der Waals surface area contributed by atoms with Gasteiger partial charge in [0, 0.05) is 5.69 Å². The van der Waals surface area contributed by atoms with E-state index in [1.54, 1.807) is 26.0 Å². The Morgan fingerprint density at radius 2 is 2.00 bits per heavy atom. The van der Waals surface area contributed by atoms with Crippen LogP contribution in [0, 0.1) is 6.92 Å². The predicted octanol–water partition coefficient (Wildman–Crippen LogP) is 2.30. The number of hydrogen-bond donors (Lipinski definition) is 0. The molecule has 0 saturated carbocycles. The molecule has 110 valence electrons. The average Bonchev–Trinajstić information content (AvgIpc) is 2.46. The summed E-state index contributed by atoms with van der Waals surface area (Å²) in [5.41, 5.74) is 0.916. The highest BCUT2D eigenvalue weighted by molar-refractivity contribution is 6.30. The van der Waals surface area contributed by atoms with Crippen molar-refractivity contribution in [1.29, 1.82) is 0 Å². The zero-order valence-electron chi connectivity index (χ0n) is 11.8. The summed E-state index contributed by atoms with van der Waals surface area (Å²) in [4.78, 5) is 28.1. The van der Waals surface area contributed by atoms with Crippen LogP contribution in [0.5, 0.6) is 0 Å². The normalized spacial score (nSPS) is 10.4. The van der Waals surface area contributed by atoms with E-state index >= 15 is 0 Å². The first-order valence-corrected chi connectivity index (χ1v) is 6.91. The minimum Gasteiger partial charge on any atom is -0.466 e. The Kier molecular flexibility index (Phi) is 4.75. The Labute approximate surface area is 127 Å². The van der Waals surface area contributed by atoms with Crippen LogP contribution < -0.4 is 5.56 Å². The molecule has 0 bridgehead atoms. The SMILES string of the molecule is CCOC(=O)Cc1nc(Cl)c(C)n(-c2ccccc2)c1=O. The molecule has 0 radical (unpaired) electrons. The van der Waals surface area contributed by atoms with Gasteiger partial charge >= 0.3 is 5.97 Å². The smallest absolute Gasteiger partial charge is 0.312 e. The van der Waals surface area contributed by atoms with Crippen LogP contribution in [0.2, 0.25) is 5.15 Å². The van der Waals surface area contributed by atoms with Gasteiger partial charge in [0.05, 0.1) is 18.7 Å². The number of esters is 1. The topological polar surface area (TPSA) is 61.2 Å². The Balaban J connectivity index is 2.54. The fraction of sp³-hybridized carbons (Fsp3) is 0.267. The average molecular weight is 307 g/mol. The van der Waals surface area contributed by atoms with Crippen molar-refractivity contribution >= 4 is 17.6 Å². The van der Waals surface area contributed by atoms with Gasteiger partial charge in [-0.25, -0.2) is 4.98 Å². The van der Waals surface area contributed by atoms with E-state index in [1.807, 2.05) is 18.2 Å². The Hall–Kier alpha value is -2.14. The summed E-state index contributed by atoms with van der Waals surface area (Å²) in [6, 6.07) is 9.07.